The second-order valence-electron chi connectivity index (χ2n) is 6.30. The van der Waals surface area contributed by atoms with E-state index in [2.05, 4.69) is 32.0 Å². The predicted molar refractivity (Wildman–Crippen MR) is 84.1 cm³/mol. The van der Waals surface area contributed by atoms with Gasteiger partial charge < -0.3 is 0 Å². The fourth-order valence-electron chi connectivity index (χ4n) is 3.41. The van der Waals surface area contributed by atoms with Gasteiger partial charge in [-0.25, -0.2) is 0 Å². The summed E-state index contributed by atoms with van der Waals surface area (Å²) in [5.74, 6) is 1.37. The number of benzene rings is 2. The Morgan fingerprint density at radius 1 is 0.950 bits per heavy atom. The van der Waals surface area contributed by atoms with E-state index in [1.807, 2.05) is 18.2 Å². The molecule has 0 radical (unpaired) electrons. The maximum Gasteiger partial charge on any atom is 0.166 e. The second kappa shape index (κ2) is 5.40. The first-order chi connectivity index (χ1) is 9.66. The smallest absolute Gasteiger partial charge is 0.166 e. The molecule has 0 aromatic heterocycles. The quantitative estimate of drug-likeness (QED) is 0.686. The molecule has 0 aliphatic heterocycles. The average Bonchev–Trinajstić information content (AvgIpc) is 2.48. The van der Waals surface area contributed by atoms with Gasteiger partial charge in [0.1, 0.15) is 0 Å². The fourth-order valence-corrected chi connectivity index (χ4v) is 3.41. The van der Waals surface area contributed by atoms with E-state index in [1.165, 1.54) is 23.8 Å². The summed E-state index contributed by atoms with van der Waals surface area (Å²) in [5, 5.41) is 2.33. The van der Waals surface area contributed by atoms with Crippen molar-refractivity contribution in [3.05, 3.63) is 47.5 Å². The molecule has 0 unspecified atom stereocenters. The van der Waals surface area contributed by atoms with Crippen molar-refractivity contribution in [1.29, 1.82) is 0 Å². The highest BCUT2D eigenvalue weighted by atomic mass is 16.1. The largest absolute Gasteiger partial charge is 0.294 e. The molecular weight excluding hydrogens is 244 g/mol. The van der Waals surface area contributed by atoms with Gasteiger partial charge in [-0.15, -0.1) is 0 Å². The third-order valence-corrected chi connectivity index (χ3v) is 4.79. The van der Waals surface area contributed by atoms with Gasteiger partial charge in [0.2, 0.25) is 0 Å². The molecule has 2 aromatic carbocycles. The highest BCUT2D eigenvalue weighted by molar-refractivity contribution is 6.09. The minimum Gasteiger partial charge on any atom is -0.294 e. The van der Waals surface area contributed by atoms with Crippen LogP contribution in [0.1, 0.15) is 48.5 Å². The molecule has 1 aliphatic rings. The number of hydrogen-bond acceptors (Lipinski definition) is 1. The molecule has 0 amide bonds. The Hall–Kier alpha value is -1.63. The number of fused-ring (bicyclic) bond motifs is 1. The van der Waals surface area contributed by atoms with Crippen LogP contribution in [-0.4, -0.2) is 5.78 Å². The van der Waals surface area contributed by atoms with Gasteiger partial charge in [0.15, 0.2) is 5.78 Å². The molecule has 1 nitrogen and oxygen atoms in total. The SMILES string of the molecule is Cc1ccc(C(=O)C2CCC(C)CC2)c2ccccc12. The summed E-state index contributed by atoms with van der Waals surface area (Å²) in [7, 11) is 0. The lowest BCUT2D eigenvalue weighted by molar-refractivity contribution is 0.0877. The van der Waals surface area contributed by atoms with Gasteiger partial charge in [-0.3, -0.25) is 4.79 Å². The standard InChI is InChI=1S/C19H22O/c1-13-7-10-15(11-8-13)19(20)18-12-9-14(2)16-5-3-4-6-17(16)18/h3-6,9,12-13,15H,7-8,10-11H2,1-2H3. The summed E-state index contributed by atoms with van der Waals surface area (Å²) in [5.41, 5.74) is 2.17. The fraction of sp³-hybridized carbons (Fsp3) is 0.421. The highest BCUT2D eigenvalue weighted by Crippen LogP contribution is 2.32. The Morgan fingerprint density at radius 2 is 1.60 bits per heavy atom. The lowest BCUT2D eigenvalue weighted by atomic mass is 9.78. The molecule has 3 rings (SSSR count). The molecule has 1 aliphatic carbocycles. The Morgan fingerprint density at radius 3 is 2.30 bits per heavy atom. The zero-order chi connectivity index (χ0) is 14.1. The molecule has 2 aromatic rings. The highest BCUT2D eigenvalue weighted by Gasteiger charge is 2.26. The Bertz CT molecular complexity index is 633. The van der Waals surface area contributed by atoms with Gasteiger partial charge in [-0.2, -0.15) is 0 Å². The van der Waals surface area contributed by atoms with E-state index in [4.69, 9.17) is 0 Å². The van der Waals surface area contributed by atoms with Crippen LogP contribution in [-0.2, 0) is 0 Å². The van der Waals surface area contributed by atoms with Crippen LogP contribution in [0.15, 0.2) is 36.4 Å². The monoisotopic (exact) mass is 266 g/mol. The van der Waals surface area contributed by atoms with E-state index in [9.17, 15) is 4.79 Å². The number of ketones is 1. The van der Waals surface area contributed by atoms with Gasteiger partial charge in [0.05, 0.1) is 0 Å². The van der Waals surface area contributed by atoms with Crippen molar-refractivity contribution in [1.82, 2.24) is 0 Å². The van der Waals surface area contributed by atoms with Crippen molar-refractivity contribution in [2.75, 3.05) is 0 Å². The van der Waals surface area contributed by atoms with Crippen molar-refractivity contribution >= 4 is 16.6 Å². The van der Waals surface area contributed by atoms with Crippen LogP contribution in [0.25, 0.3) is 10.8 Å². The molecule has 20 heavy (non-hydrogen) atoms. The van der Waals surface area contributed by atoms with E-state index in [0.29, 0.717) is 5.78 Å². The molecule has 0 bridgehead atoms. The van der Waals surface area contributed by atoms with Gasteiger partial charge in [0.25, 0.3) is 0 Å². The molecule has 0 saturated heterocycles. The zero-order valence-corrected chi connectivity index (χ0v) is 12.4. The second-order valence-corrected chi connectivity index (χ2v) is 6.30. The molecule has 0 N–H and O–H groups in total. The van der Waals surface area contributed by atoms with Crippen LogP contribution in [0.5, 0.6) is 0 Å². The molecule has 1 saturated carbocycles. The molecular formula is C19H22O. The van der Waals surface area contributed by atoms with Crippen LogP contribution in [0, 0.1) is 18.8 Å². The normalized spacial score (nSPS) is 22.9. The summed E-state index contributed by atoms with van der Waals surface area (Å²) in [6.07, 6.45) is 4.50. The van der Waals surface area contributed by atoms with Gasteiger partial charge in [0, 0.05) is 11.5 Å². The first-order valence-electron chi connectivity index (χ1n) is 7.69. The van der Waals surface area contributed by atoms with Crippen molar-refractivity contribution < 1.29 is 4.79 Å². The summed E-state index contributed by atoms with van der Waals surface area (Å²) in [6.45, 7) is 4.40. The summed E-state index contributed by atoms with van der Waals surface area (Å²) in [6, 6.07) is 12.4. The van der Waals surface area contributed by atoms with Crippen LogP contribution < -0.4 is 0 Å². The Kier molecular flexibility index (Phi) is 3.60. The van der Waals surface area contributed by atoms with Crippen LogP contribution >= 0.6 is 0 Å². The van der Waals surface area contributed by atoms with Crippen molar-refractivity contribution in [3.63, 3.8) is 0 Å². The molecule has 0 atom stereocenters. The molecule has 0 heterocycles. The maximum absolute atomic E-state index is 12.8. The molecule has 104 valence electrons. The van der Waals surface area contributed by atoms with Gasteiger partial charge in [-0.05, 0) is 42.0 Å². The number of Topliss-reactive ketones (excluding diaryl/α,β-unsaturated/α-hetero) is 1. The number of rotatable bonds is 2. The summed E-state index contributed by atoms with van der Waals surface area (Å²) < 4.78 is 0. The first-order valence-corrected chi connectivity index (χ1v) is 7.69. The molecule has 1 fully saturated rings. The van der Waals surface area contributed by atoms with Crippen molar-refractivity contribution in [2.45, 2.75) is 39.5 Å². The first kappa shape index (κ1) is 13.4. The maximum atomic E-state index is 12.8. The average molecular weight is 266 g/mol. The van der Waals surface area contributed by atoms with Crippen LogP contribution in [0.3, 0.4) is 0 Å². The number of carbonyl (C=O) groups is 1. The Balaban J connectivity index is 1.98. The topological polar surface area (TPSA) is 17.1 Å². The lowest BCUT2D eigenvalue weighted by Gasteiger charge is -2.25. The lowest BCUT2D eigenvalue weighted by Crippen LogP contribution is -2.21. The van der Waals surface area contributed by atoms with E-state index >= 15 is 0 Å². The Labute approximate surface area is 121 Å². The van der Waals surface area contributed by atoms with Crippen LogP contribution in [0.4, 0.5) is 0 Å². The summed E-state index contributed by atoms with van der Waals surface area (Å²) >= 11 is 0. The molecule has 0 spiro atoms. The van der Waals surface area contributed by atoms with E-state index in [1.54, 1.807) is 0 Å². The van der Waals surface area contributed by atoms with Crippen molar-refractivity contribution in [2.24, 2.45) is 11.8 Å². The number of aryl methyl sites for hydroxylation is 1. The van der Waals surface area contributed by atoms with Gasteiger partial charge in [-0.1, -0.05) is 56.2 Å². The van der Waals surface area contributed by atoms with Crippen molar-refractivity contribution in [3.8, 4) is 0 Å². The minimum atomic E-state index is 0.234. The minimum absolute atomic E-state index is 0.234. The van der Waals surface area contributed by atoms with E-state index in [0.717, 1.165) is 29.7 Å². The molecule has 1 heteroatoms. The third-order valence-electron chi connectivity index (χ3n) is 4.79. The number of carbonyl (C=O) groups excluding carboxylic acids is 1. The van der Waals surface area contributed by atoms with E-state index in [-0.39, 0.29) is 5.92 Å². The zero-order valence-electron chi connectivity index (χ0n) is 12.4. The van der Waals surface area contributed by atoms with E-state index < -0.39 is 0 Å². The predicted octanol–water partition coefficient (Wildman–Crippen LogP) is 5.16. The van der Waals surface area contributed by atoms with Gasteiger partial charge >= 0.3 is 0 Å². The van der Waals surface area contributed by atoms with Crippen LogP contribution in [0.2, 0.25) is 0 Å². The third kappa shape index (κ3) is 2.37. The number of hydrogen-bond donors (Lipinski definition) is 0. The summed E-state index contributed by atoms with van der Waals surface area (Å²) in [4.78, 5) is 12.8.